The molecule has 1 heterocycles. The molecule has 0 amide bonds. The molecule has 24 heavy (non-hydrogen) atoms. The molecular weight excluding hydrogens is 314 g/mol. The zero-order valence-corrected chi connectivity index (χ0v) is 12.2. The van der Waals surface area contributed by atoms with Gasteiger partial charge in [0.05, 0.1) is 16.3 Å². The summed E-state index contributed by atoms with van der Waals surface area (Å²) in [7, 11) is 0. The Morgan fingerprint density at radius 1 is 0.833 bits per heavy atom. The highest BCUT2D eigenvalue weighted by atomic mass is 16.6. The fourth-order valence-electron chi connectivity index (χ4n) is 2.36. The maximum Gasteiger partial charge on any atom is 0.394 e. The van der Waals surface area contributed by atoms with Gasteiger partial charge in [-0.3, -0.25) is 14.9 Å². The van der Waals surface area contributed by atoms with E-state index in [1.165, 1.54) is 24.3 Å². The lowest BCUT2D eigenvalue weighted by Crippen LogP contribution is -2.39. The number of rotatable bonds is 3. The van der Waals surface area contributed by atoms with Gasteiger partial charge in [-0.15, -0.1) is 0 Å². The highest BCUT2D eigenvalue weighted by Crippen LogP contribution is 2.23. The van der Waals surface area contributed by atoms with E-state index in [1.807, 2.05) is 0 Å². The first-order valence-electron chi connectivity index (χ1n) is 6.88. The van der Waals surface area contributed by atoms with E-state index in [-0.39, 0.29) is 11.4 Å². The summed E-state index contributed by atoms with van der Waals surface area (Å²) in [6.45, 7) is 0. The van der Waals surface area contributed by atoms with Crippen LogP contribution in [0.15, 0.2) is 70.3 Å². The topological polar surface area (TPSA) is 107 Å². The number of nitro groups is 1. The van der Waals surface area contributed by atoms with Crippen molar-refractivity contribution < 1.29 is 10.0 Å². The molecule has 1 aromatic heterocycles. The molecule has 0 aliphatic carbocycles. The summed E-state index contributed by atoms with van der Waals surface area (Å²) in [5, 5.41) is 21.4. The molecule has 0 spiro atoms. The van der Waals surface area contributed by atoms with Crippen LogP contribution in [0.3, 0.4) is 0 Å². The van der Waals surface area contributed by atoms with Crippen LogP contribution in [0.1, 0.15) is 0 Å². The second-order valence-electron chi connectivity index (χ2n) is 4.86. The first kappa shape index (κ1) is 15.2. The third-order valence-corrected chi connectivity index (χ3v) is 3.42. The van der Waals surface area contributed by atoms with Gasteiger partial charge in [0.25, 0.3) is 5.88 Å². The van der Waals surface area contributed by atoms with Crippen molar-refractivity contribution in [2.24, 2.45) is 0 Å². The fraction of sp³-hybridized carbons (Fsp3) is 0. The van der Waals surface area contributed by atoms with E-state index in [4.69, 9.17) is 0 Å². The maximum atomic E-state index is 12.7. The van der Waals surface area contributed by atoms with Gasteiger partial charge in [-0.25, -0.2) is 13.9 Å². The second-order valence-corrected chi connectivity index (χ2v) is 4.86. The fourth-order valence-corrected chi connectivity index (χ4v) is 2.36. The number of benzene rings is 2. The van der Waals surface area contributed by atoms with Crippen molar-refractivity contribution in [3.63, 3.8) is 0 Å². The SMILES string of the molecule is O=c1c([N+](=O)[O-])c(O)n(-c2ccccc2)c(=O)n1-c1ccccc1. The molecule has 0 aliphatic heterocycles. The Labute approximate surface area is 134 Å². The number of hydrogen-bond donors (Lipinski definition) is 1. The van der Waals surface area contributed by atoms with Gasteiger partial charge in [-0.05, 0) is 24.3 Å². The molecule has 0 radical (unpaired) electrons. The van der Waals surface area contributed by atoms with Gasteiger partial charge in [0, 0.05) is 0 Å². The van der Waals surface area contributed by atoms with E-state index in [2.05, 4.69) is 0 Å². The smallest absolute Gasteiger partial charge is 0.394 e. The Hall–Kier alpha value is -3.68. The first-order valence-corrected chi connectivity index (χ1v) is 6.88. The van der Waals surface area contributed by atoms with Crippen LogP contribution >= 0.6 is 0 Å². The Kier molecular flexibility index (Phi) is 3.70. The Morgan fingerprint density at radius 3 is 1.75 bits per heavy atom. The van der Waals surface area contributed by atoms with Crippen LogP contribution in [0.2, 0.25) is 0 Å². The van der Waals surface area contributed by atoms with Gasteiger partial charge in [-0.2, -0.15) is 0 Å². The Balaban J connectivity index is 2.49. The minimum absolute atomic E-state index is 0.167. The zero-order valence-electron chi connectivity index (χ0n) is 12.2. The molecule has 0 unspecified atom stereocenters. The average molecular weight is 325 g/mol. The van der Waals surface area contributed by atoms with Crippen LogP contribution in [0.5, 0.6) is 5.88 Å². The summed E-state index contributed by atoms with van der Waals surface area (Å²) in [6, 6.07) is 15.7. The molecular formula is C16H11N3O5. The van der Waals surface area contributed by atoms with Gasteiger partial charge in [0.1, 0.15) is 0 Å². The number of hydrogen-bond acceptors (Lipinski definition) is 5. The van der Waals surface area contributed by atoms with Crippen LogP contribution in [-0.2, 0) is 0 Å². The van der Waals surface area contributed by atoms with Crippen LogP contribution in [0.4, 0.5) is 5.69 Å². The van der Waals surface area contributed by atoms with E-state index in [9.17, 15) is 24.8 Å². The van der Waals surface area contributed by atoms with Crippen molar-refractivity contribution in [3.05, 3.63) is 91.6 Å². The predicted molar refractivity (Wildman–Crippen MR) is 86.0 cm³/mol. The van der Waals surface area contributed by atoms with E-state index < -0.39 is 27.7 Å². The highest BCUT2D eigenvalue weighted by molar-refractivity contribution is 5.47. The van der Waals surface area contributed by atoms with Crippen molar-refractivity contribution in [1.82, 2.24) is 9.13 Å². The summed E-state index contributed by atoms with van der Waals surface area (Å²) >= 11 is 0. The monoisotopic (exact) mass is 325 g/mol. The molecule has 0 bridgehead atoms. The Morgan fingerprint density at radius 2 is 1.29 bits per heavy atom. The van der Waals surface area contributed by atoms with Crippen molar-refractivity contribution in [3.8, 4) is 17.3 Å². The third kappa shape index (κ3) is 2.35. The summed E-state index contributed by atoms with van der Waals surface area (Å²) in [5.41, 5.74) is -2.79. The summed E-state index contributed by atoms with van der Waals surface area (Å²) in [5.74, 6) is -1.01. The molecule has 8 nitrogen and oxygen atoms in total. The number of nitrogens with zero attached hydrogens (tertiary/aromatic N) is 3. The maximum absolute atomic E-state index is 12.7. The van der Waals surface area contributed by atoms with E-state index in [1.54, 1.807) is 36.4 Å². The lowest BCUT2D eigenvalue weighted by molar-refractivity contribution is -0.388. The molecule has 2 aromatic carbocycles. The average Bonchev–Trinajstić information content (AvgIpc) is 2.56. The summed E-state index contributed by atoms with van der Waals surface area (Å²) in [4.78, 5) is 35.3. The van der Waals surface area contributed by atoms with Crippen molar-refractivity contribution in [2.75, 3.05) is 0 Å². The number of para-hydroxylation sites is 2. The first-order chi connectivity index (χ1) is 11.5. The molecule has 0 atom stereocenters. The standard InChI is InChI=1S/C16H11N3O5/c20-14-13(19(23)24)15(21)18(12-9-5-2-6-10-12)16(22)17(14)11-7-3-1-4-8-11/h1-10,20H. The molecule has 8 heteroatoms. The molecule has 3 rings (SSSR count). The molecule has 1 N–H and O–H groups in total. The van der Waals surface area contributed by atoms with Crippen LogP contribution in [0, 0.1) is 10.1 Å². The quantitative estimate of drug-likeness (QED) is 0.581. The van der Waals surface area contributed by atoms with Crippen LogP contribution < -0.4 is 11.2 Å². The van der Waals surface area contributed by atoms with Crippen molar-refractivity contribution in [2.45, 2.75) is 0 Å². The van der Waals surface area contributed by atoms with Gasteiger partial charge < -0.3 is 5.11 Å². The molecule has 3 aromatic rings. The van der Waals surface area contributed by atoms with Crippen LogP contribution in [-0.4, -0.2) is 19.2 Å². The highest BCUT2D eigenvalue weighted by Gasteiger charge is 2.29. The Bertz CT molecular complexity index is 1020. The zero-order chi connectivity index (χ0) is 17.3. The minimum Gasteiger partial charge on any atom is -0.489 e. The van der Waals surface area contributed by atoms with Crippen LogP contribution in [0.25, 0.3) is 11.4 Å². The second kappa shape index (κ2) is 5.84. The third-order valence-electron chi connectivity index (χ3n) is 3.42. The van der Waals surface area contributed by atoms with Gasteiger partial charge in [0.15, 0.2) is 0 Å². The lowest BCUT2D eigenvalue weighted by Gasteiger charge is -2.12. The molecule has 0 saturated heterocycles. The summed E-state index contributed by atoms with van der Waals surface area (Å²) < 4.78 is 1.39. The van der Waals surface area contributed by atoms with Crippen molar-refractivity contribution >= 4 is 5.69 Å². The molecule has 0 fully saturated rings. The molecule has 0 aliphatic rings. The minimum atomic E-state index is -1.19. The van der Waals surface area contributed by atoms with Gasteiger partial charge in [-0.1, -0.05) is 36.4 Å². The molecule has 120 valence electrons. The van der Waals surface area contributed by atoms with Gasteiger partial charge in [0.2, 0.25) is 0 Å². The van der Waals surface area contributed by atoms with E-state index in [0.29, 0.717) is 4.57 Å². The normalized spacial score (nSPS) is 10.5. The predicted octanol–water partition coefficient (Wildman–Crippen LogP) is 1.60. The summed E-state index contributed by atoms with van der Waals surface area (Å²) in [6.07, 6.45) is 0. The molecule has 0 saturated carbocycles. The number of aromatic nitrogens is 2. The van der Waals surface area contributed by atoms with Gasteiger partial charge >= 0.3 is 16.9 Å². The largest absolute Gasteiger partial charge is 0.489 e. The van der Waals surface area contributed by atoms with E-state index >= 15 is 0 Å². The van der Waals surface area contributed by atoms with Crippen molar-refractivity contribution in [1.29, 1.82) is 0 Å². The number of aromatic hydroxyl groups is 1. The van der Waals surface area contributed by atoms with E-state index in [0.717, 1.165) is 4.57 Å². The lowest BCUT2D eigenvalue weighted by atomic mass is 10.3.